The van der Waals surface area contributed by atoms with Gasteiger partial charge in [-0.1, -0.05) is 0 Å². The van der Waals surface area contributed by atoms with E-state index in [9.17, 15) is 14.7 Å². The van der Waals surface area contributed by atoms with E-state index in [0.717, 1.165) is 24.9 Å². The van der Waals surface area contributed by atoms with Crippen LogP contribution in [0, 0.1) is 23.7 Å². The number of anilines is 1. The summed E-state index contributed by atoms with van der Waals surface area (Å²) in [5.41, 5.74) is 0.833. The molecule has 0 radical (unpaired) electrons. The van der Waals surface area contributed by atoms with Crippen molar-refractivity contribution in [2.45, 2.75) is 32.6 Å². The average Bonchev–Trinajstić information content (AvgIpc) is 3.02. The van der Waals surface area contributed by atoms with Crippen molar-refractivity contribution >= 4 is 17.5 Å². The number of fused-ring (bicyclic) bond motifs is 2. The molecule has 3 saturated carbocycles. The van der Waals surface area contributed by atoms with Crippen molar-refractivity contribution in [1.82, 2.24) is 4.90 Å². The molecule has 0 aromatic heterocycles. The Morgan fingerprint density at radius 1 is 1.08 bits per heavy atom. The summed E-state index contributed by atoms with van der Waals surface area (Å²) in [6.07, 6.45) is 5.30. The fourth-order valence-corrected chi connectivity index (χ4v) is 5.18. The van der Waals surface area contributed by atoms with Crippen LogP contribution in [0.3, 0.4) is 0 Å². The van der Waals surface area contributed by atoms with Gasteiger partial charge in [0.25, 0.3) is 5.91 Å². The first-order chi connectivity index (χ1) is 11.5. The molecule has 1 aliphatic heterocycles. The monoisotopic (exact) mass is 328 g/mol. The van der Waals surface area contributed by atoms with Gasteiger partial charge in [0.15, 0.2) is 0 Å². The van der Waals surface area contributed by atoms with E-state index in [4.69, 9.17) is 0 Å². The summed E-state index contributed by atoms with van der Waals surface area (Å²) in [6.45, 7) is 3.07. The number of likely N-dealkylation sites (tertiary alicyclic amines) is 1. The lowest BCUT2D eigenvalue weighted by atomic mass is 9.60. The quantitative estimate of drug-likeness (QED) is 0.877. The molecule has 4 aliphatic rings. The van der Waals surface area contributed by atoms with Gasteiger partial charge in [-0.3, -0.25) is 9.59 Å². The number of hydrogen-bond acceptors (Lipinski definition) is 3. The minimum atomic E-state index is -0.201. The van der Waals surface area contributed by atoms with Crippen molar-refractivity contribution in [2.24, 2.45) is 23.7 Å². The number of nitrogens with one attached hydrogen (secondary N) is 1. The Hall–Kier alpha value is -2.04. The molecule has 1 aromatic rings. The molecule has 1 heterocycles. The van der Waals surface area contributed by atoms with Crippen molar-refractivity contribution < 1.29 is 14.7 Å². The highest BCUT2D eigenvalue weighted by Gasteiger charge is 2.49. The summed E-state index contributed by atoms with van der Waals surface area (Å²) in [7, 11) is 0. The predicted molar refractivity (Wildman–Crippen MR) is 90.7 cm³/mol. The first-order valence-corrected chi connectivity index (χ1v) is 8.93. The normalized spacial score (nSPS) is 31.0. The summed E-state index contributed by atoms with van der Waals surface area (Å²) in [5.74, 6) is 2.53. The standard InChI is InChI=1S/C19H24N2O3/c1-11(22)20-14-6-7-15(18(23)8-14)19(24)21-9-16-12-2-3-13(5-4-12)17(16)10-21/h6-8,12-13,16-17,23H,2-5,9-10H2,1H3,(H,20,22)/t12?,13?,16-,17+. The van der Waals surface area contributed by atoms with Gasteiger partial charge in [0.2, 0.25) is 5.91 Å². The number of hydrogen-bond donors (Lipinski definition) is 2. The summed E-state index contributed by atoms with van der Waals surface area (Å²) in [6, 6.07) is 4.72. The summed E-state index contributed by atoms with van der Waals surface area (Å²) in [4.78, 5) is 25.9. The number of nitrogens with zero attached hydrogens (tertiary/aromatic N) is 1. The molecule has 3 aliphatic carbocycles. The van der Waals surface area contributed by atoms with Gasteiger partial charge >= 0.3 is 0 Å². The lowest BCUT2D eigenvalue weighted by Gasteiger charge is -2.44. The third-order valence-corrected chi connectivity index (χ3v) is 6.28. The smallest absolute Gasteiger partial charge is 0.257 e. The first-order valence-electron chi connectivity index (χ1n) is 8.93. The first kappa shape index (κ1) is 15.5. The van der Waals surface area contributed by atoms with Crippen molar-refractivity contribution in [1.29, 1.82) is 0 Å². The number of aromatic hydroxyl groups is 1. The molecular formula is C19H24N2O3. The summed E-state index contributed by atoms with van der Waals surface area (Å²) >= 11 is 0. The molecule has 1 aromatic carbocycles. The predicted octanol–water partition coefficient (Wildman–Crippen LogP) is 2.86. The van der Waals surface area contributed by atoms with E-state index in [1.54, 1.807) is 12.1 Å². The number of amides is 2. The molecule has 5 rings (SSSR count). The van der Waals surface area contributed by atoms with Crippen LogP contribution in [-0.4, -0.2) is 34.9 Å². The van der Waals surface area contributed by atoms with Crippen LogP contribution in [0.25, 0.3) is 0 Å². The molecule has 1 saturated heterocycles. The second kappa shape index (κ2) is 5.80. The minimum Gasteiger partial charge on any atom is -0.507 e. The molecule has 5 heteroatoms. The van der Waals surface area contributed by atoms with Crippen LogP contribution in [0.15, 0.2) is 18.2 Å². The van der Waals surface area contributed by atoms with Crippen LogP contribution < -0.4 is 5.32 Å². The third-order valence-electron chi connectivity index (χ3n) is 6.28. The van der Waals surface area contributed by atoms with Gasteiger partial charge in [0.1, 0.15) is 5.75 Å². The Bertz CT molecular complexity index is 659. The van der Waals surface area contributed by atoms with E-state index in [1.165, 1.54) is 38.7 Å². The fraction of sp³-hybridized carbons (Fsp3) is 0.579. The SMILES string of the molecule is CC(=O)Nc1ccc(C(=O)N2C[C@@H]3C4CCC(CC4)[C@@H]3C2)c(O)c1. The largest absolute Gasteiger partial charge is 0.507 e. The zero-order valence-electron chi connectivity index (χ0n) is 14.0. The molecule has 0 unspecified atom stereocenters. The molecule has 5 nitrogen and oxygen atoms in total. The van der Waals surface area contributed by atoms with E-state index in [-0.39, 0.29) is 17.6 Å². The highest BCUT2D eigenvalue weighted by Crippen LogP contribution is 2.52. The Labute approximate surface area is 142 Å². The molecule has 2 N–H and O–H groups in total. The highest BCUT2D eigenvalue weighted by molar-refractivity contribution is 5.98. The highest BCUT2D eigenvalue weighted by atomic mass is 16.3. The van der Waals surface area contributed by atoms with Crippen LogP contribution in [0.2, 0.25) is 0 Å². The maximum absolute atomic E-state index is 12.9. The number of carbonyl (C=O) groups is 2. The zero-order valence-corrected chi connectivity index (χ0v) is 14.0. The van der Waals surface area contributed by atoms with Gasteiger partial charge in [-0.2, -0.15) is 0 Å². The van der Waals surface area contributed by atoms with Crippen molar-refractivity contribution in [2.75, 3.05) is 18.4 Å². The molecule has 2 atom stereocenters. The molecule has 2 amide bonds. The van der Waals surface area contributed by atoms with Crippen molar-refractivity contribution in [3.8, 4) is 5.75 Å². The molecule has 24 heavy (non-hydrogen) atoms. The van der Waals surface area contributed by atoms with Crippen LogP contribution in [0.1, 0.15) is 43.0 Å². The number of benzene rings is 1. The molecular weight excluding hydrogens is 304 g/mol. The number of phenolic OH excluding ortho intramolecular Hbond substituents is 1. The van der Waals surface area contributed by atoms with E-state index >= 15 is 0 Å². The third kappa shape index (κ3) is 2.56. The topological polar surface area (TPSA) is 69.6 Å². The fourth-order valence-electron chi connectivity index (χ4n) is 5.18. The van der Waals surface area contributed by atoms with Crippen molar-refractivity contribution in [3.63, 3.8) is 0 Å². The lowest BCUT2D eigenvalue weighted by Crippen LogP contribution is -2.38. The summed E-state index contributed by atoms with van der Waals surface area (Å²) < 4.78 is 0. The van der Waals surface area contributed by atoms with Gasteiger partial charge in [-0.05, 0) is 61.5 Å². The van der Waals surface area contributed by atoms with E-state index < -0.39 is 0 Å². The molecule has 128 valence electrons. The Morgan fingerprint density at radius 3 is 2.17 bits per heavy atom. The van der Waals surface area contributed by atoms with Gasteiger partial charge in [-0.15, -0.1) is 0 Å². The second-order valence-electron chi connectivity index (χ2n) is 7.63. The summed E-state index contributed by atoms with van der Waals surface area (Å²) in [5, 5.41) is 12.8. The van der Waals surface area contributed by atoms with Crippen LogP contribution in [0.5, 0.6) is 5.75 Å². The average molecular weight is 328 g/mol. The second-order valence-corrected chi connectivity index (χ2v) is 7.63. The van der Waals surface area contributed by atoms with Gasteiger partial charge in [-0.25, -0.2) is 0 Å². The number of rotatable bonds is 2. The maximum atomic E-state index is 12.9. The maximum Gasteiger partial charge on any atom is 0.257 e. The van der Waals surface area contributed by atoms with Gasteiger partial charge < -0.3 is 15.3 Å². The zero-order chi connectivity index (χ0) is 16.8. The molecule has 4 fully saturated rings. The lowest BCUT2D eigenvalue weighted by molar-refractivity contribution is -0.114. The van der Waals surface area contributed by atoms with E-state index in [0.29, 0.717) is 23.1 Å². The van der Waals surface area contributed by atoms with Gasteiger partial charge in [0, 0.05) is 31.8 Å². The molecule has 0 spiro atoms. The number of carbonyl (C=O) groups excluding carboxylic acids is 2. The van der Waals surface area contributed by atoms with Crippen LogP contribution in [-0.2, 0) is 4.79 Å². The Kier molecular flexibility index (Phi) is 3.74. The van der Waals surface area contributed by atoms with E-state index in [2.05, 4.69) is 5.32 Å². The molecule has 2 bridgehead atoms. The van der Waals surface area contributed by atoms with Crippen molar-refractivity contribution in [3.05, 3.63) is 23.8 Å². The van der Waals surface area contributed by atoms with Crippen LogP contribution in [0.4, 0.5) is 5.69 Å². The van der Waals surface area contributed by atoms with Crippen LogP contribution >= 0.6 is 0 Å². The number of phenols is 1. The Morgan fingerprint density at radius 2 is 1.67 bits per heavy atom. The Balaban J connectivity index is 1.51. The minimum absolute atomic E-state index is 0.0657. The van der Waals surface area contributed by atoms with Gasteiger partial charge in [0.05, 0.1) is 5.56 Å². The van der Waals surface area contributed by atoms with E-state index in [1.807, 2.05) is 4.90 Å².